The maximum atomic E-state index is 12.4. The zero-order valence-electron chi connectivity index (χ0n) is 14.9. The van der Waals surface area contributed by atoms with Gasteiger partial charge in [-0.25, -0.2) is 24.5 Å². The first-order valence-electron chi connectivity index (χ1n) is 8.22. The molecule has 3 aromatic rings. The van der Waals surface area contributed by atoms with E-state index in [4.69, 9.17) is 15.0 Å². The minimum absolute atomic E-state index is 0.0597. The van der Waals surface area contributed by atoms with Gasteiger partial charge in [-0.15, -0.1) is 0 Å². The lowest BCUT2D eigenvalue weighted by atomic mass is 10.0. The molecule has 0 saturated heterocycles. The van der Waals surface area contributed by atoms with Gasteiger partial charge in [0.1, 0.15) is 0 Å². The van der Waals surface area contributed by atoms with Crippen LogP contribution in [0.4, 0.5) is 0 Å². The fraction of sp³-hybridized carbons (Fsp3) is 0.118. The number of nitrogens with two attached hydrogens (primary N) is 1. The van der Waals surface area contributed by atoms with Crippen molar-refractivity contribution in [2.75, 3.05) is 0 Å². The van der Waals surface area contributed by atoms with Crippen LogP contribution in [0.5, 0.6) is 0 Å². The SMILES string of the molecule is Cc1nc(-c2ncc(C(=O)OC3=NC(C(N)=O)(c4ccccc4)NS3)cn2)no1. The third kappa shape index (κ3) is 3.58. The number of aryl methyl sites for hydroxylation is 1. The van der Waals surface area contributed by atoms with Crippen LogP contribution in [0, 0.1) is 6.92 Å². The molecule has 1 aromatic carbocycles. The Morgan fingerprint density at radius 3 is 2.52 bits per heavy atom. The first kappa shape index (κ1) is 18.7. The fourth-order valence-corrected chi connectivity index (χ4v) is 3.27. The predicted molar refractivity (Wildman–Crippen MR) is 101 cm³/mol. The minimum atomic E-state index is -1.53. The molecule has 146 valence electrons. The van der Waals surface area contributed by atoms with E-state index in [1.54, 1.807) is 37.3 Å². The molecule has 12 heteroatoms. The van der Waals surface area contributed by atoms with Crippen molar-refractivity contribution in [3.63, 3.8) is 0 Å². The summed E-state index contributed by atoms with van der Waals surface area (Å²) in [6.45, 7) is 1.64. The lowest BCUT2D eigenvalue weighted by Gasteiger charge is -2.21. The number of nitrogens with one attached hydrogen (secondary N) is 1. The highest BCUT2D eigenvalue weighted by Crippen LogP contribution is 2.32. The van der Waals surface area contributed by atoms with Crippen molar-refractivity contribution < 1.29 is 18.8 Å². The van der Waals surface area contributed by atoms with Crippen LogP contribution >= 0.6 is 11.9 Å². The number of amides is 1. The van der Waals surface area contributed by atoms with E-state index < -0.39 is 17.5 Å². The molecule has 0 fully saturated rings. The second-order valence-electron chi connectivity index (χ2n) is 5.84. The summed E-state index contributed by atoms with van der Waals surface area (Å²) in [5, 5.41) is 3.64. The van der Waals surface area contributed by atoms with Crippen molar-refractivity contribution >= 4 is 29.1 Å². The number of carbonyl (C=O) groups is 2. The second kappa shape index (κ2) is 7.41. The molecule has 1 unspecified atom stereocenters. The molecule has 1 atom stereocenters. The minimum Gasteiger partial charge on any atom is -0.396 e. The Morgan fingerprint density at radius 2 is 1.90 bits per heavy atom. The predicted octanol–water partition coefficient (Wildman–Crippen LogP) is 0.938. The van der Waals surface area contributed by atoms with Crippen molar-refractivity contribution in [2.45, 2.75) is 12.6 Å². The van der Waals surface area contributed by atoms with Crippen molar-refractivity contribution in [2.24, 2.45) is 10.7 Å². The summed E-state index contributed by atoms with van der Waals surface area (Å²) >= 11 is 0.881. The van der Waals surface area contributed by atoms with E-state index in [1.807, 2.05) is 0 Å². The van der Waals surface area contributed by atoms with Crippen LogP contribution in [0.3, 0.4) is 0 Å². The summed E-state index contributed by atoms with van der Waals surface area (Å²) in [4.78, 5) is 40.7. The average molecular weight is 411 g/mol. The molecule has 1 aliphatic heterocycles. The van der Waals surface area contributed by atoms with E-state index in [0.29, 0.717) is 11.5 Å². The number of hydrogen-bond acceptors (Lipinski definition) is 11. The van der Waals surface area contributed by atoms with Crippen LogP contribution < -0.4 is 10.5 Å². The van der Waals surface area contributed by atoms with Gasteiger partial charge in [-0.3, -0.25) is 4.79 Å². The van der Waals surface area contributed by atoms with E-state index in [1.165, 1.54) is 12.4 Å². The summed E-state index contributed by atoms with van der Waals surface area (Å²) in [6, 6.07) is 8.67. The number of ether oxygens (including phenoxy) is 1. The molecule has 3 N–H and O–H groups in total. The fourth-order valence-electron chi connectivity index (χ4n) is 2.47. The number of aromatic nitrogens is 4. The highest BCUT2D eigenvalue weighted by atomic mass is 32.2. The average Bonchev–Trinajstić information content (AvgIpc) is 3.36. The number of nitrogens with zero attached hydrogens (tertiary/aromatic N) is 5. The van der Waals surface area contributed by atoms with Crippen LogP contribution in [-0.2, 0) is 15.2 Å². The van der Waals surface area contributed by atoms with Crippen LogP contribution in [0.25, 0.3) is 11.6 Å². The molecule has 3 heterocycles. The lowest BCUT2D eigenvalue weighted by molar-refractivity contribution is -0.123. The highest BCUT2D eigenvalue weighted by molar-refractivity contribution is 8.12. The summed E-state index contributed by atoms with van der Waals surface area (Å²) in [6.07, 6.45) is 2.53. The molecule has 0 saturated carbocycles. The Hall–Kier alpha value is -3.64. The largest absolute Gasteiger partial charge is 0.396 e. The van der Waals surface area contributed by atoms with Gasteiger partial charge in [0.2, 0.25) is 23.2 Å². The van der Waals surface area contributed by atoms with Crippen molar-refractivity contribution in [3.8, 4) is 11.6 Å². The third-order valence-corrected chi connectivity index (χ3v) is 4.64. The zero-order chi connectivity index (χ0) is 20.4. The molecule has 11 nitrogen and oxygen atoms in total. The standard InChI is InChI=1S/C17H13N7O4S/c1-9-21-13(23-28-9)12-19-7-10(8-20-12)14(25)27-16-22-17(15(18)26,24-29-16)11-5-3-2-4-6-11/h2-8,24H,1H3,(H2,18,26). The topological polar surface area (TPSA) is 158 Å². The van der Waals surface area contributed by atoms with Gasteiger partial charge < -0.3 is 15.0 Å². The normalized spacial score (nSPS) is 18.3. The van der Waals surface area contributed by atoms with Crippen molar-refractivity contribution in [1.82, 2.24) is 24.8 Å². The maximum absolute atomic E-state index is 12.4. The van der Waals surface area contributed by atoms with E-state index >= 15 is 0 Å². The molecule has 0 radical (unpaired) electrons. The lowest BCUT2D eigenvalue weighted by Crippen LogP contribution is -2.46. The summed E-state index contributed by atoms with van der Waals surface area (Å²) in [7, 11) is 0. The first-order chi connectivity index (χ1) is 14.0. The molecule has 29 heavy (non-hydrogen) atoms. The Morgan fingerprint density at radius 1 is 1.17 bits per heavy atom. The third-order valence-electron chi connectivity index (χ3n) is 3.89. The maximum Gasteiger partial charge on any atom is 0.348 e. The van der Waals surface area contributed by atoms with E-state index in [-0.39, 0.29) is 22.4 Å². The van der Waals surface area contributed by atoms with Gasteiger partial charge in [-0.2, -0.15) is 4.98 Å². The second-order valence-corrected chi connectivity index (χ2v) is 6.60. The molecule has 0 spiro atoms. The number of rotatable bonds is 4. The first-order valence-corrected chi connectivity index (χ1v) is 9.04. The molecule has 2 aromatic heterocycles. The number of primary amides is 1. The number of carbonyl (C=O) groups excluding carboxylic acids is 2. The van der Waals surface area contributed by atoms with Gasteiger partial charge >= 0.3 is 5.97 Å². The number of benzene rings is 1. The molecule has 1 amide bonds. The van der Waals surface area contributed by atoms with Crippen molar-refractivity contribution in [3.05, 3.63) is 59.7 Å². The van der Waals surface area contributed by atoms with Gasteiger partial charge in [-0.1, -0.05) is 35.5 Å². The van der Waals surface area contributed by atoms with Crippen LogP contribution in [0.15, 0.2) is 52.2 Å². The van der Waals surface area contributed by atoms with Crippen LogP contribution in [-0.4, -0.2) is 37.2 Å². The number of esters is 1. The van der Waals surface area contributed by atoms with E-state index in [2.05, 4.69) is 29.8 Å². The summed E-state index contributed by atoms with van der Waals surface area (Å²) in [5.74, 6) is -0.708. The molecular formula is C17H13N7O4S. The summed E-state index contributed by atoms with van der Waals surface area (Å²) < 4.78 is 12.9. The smallest absolute Gasteiger partial charge is 0.348 e. The van der Waals surface area contributed by atoms with Gasteiger partial charge in [0, 0.05) is 36.8 Å². The number of aliphatic imine (C=N–C) groups is 1. The van der Waals surface area contributed by atoms with E-state index in [9.17, 15) is 9.59 Å². The van der Waals surface area contributed by atoms with Crippen LogP contribution in [0.2, 0.25) is 0 Å². The molecule has 0 bridgehead atoms. The Labute approximate surface area is 167 Å². The Bertz CT molecular complexity index is 1100. The summed E-state index contributed by atoms with van der Waals surface area (Å²) in [5.41, 5.74) is 4.61. The molecular weight excluding hydrogens is 398 g/mol. The highest BCUT2D eigenvalue weighted by Gasteiger charge is 2.44. The van der Waals surface area contributed by atoms with Crippen LogP contribution in [0.1, 0.15) is 21.8 Å². The van der Waals surface area contributed by atoms with Gasteiger partial charge in [-0.05, 0) is 0 Å². The van der Waals surface area contributed by atoms with Crippen molar-refractivity contribution in [1.29, 1.82) is 0 Å². The van der Waals surface area contributed by atoms with E-state index in [0.717, 1.165) is 11.9 Å². The van der Waals surface area contributed by atoms with Gasteiger partial charge in [0.05, 0.1) is 5.56 Å². The molecule has 4 rings (SSSR count). The molecule has 1 aliphatic rings. The zero-order valence-corrected chi connectivity index (χ0v) is 15.7. The number of hydrogen-bond donors (Lipinski definition) is 2. The Balaban J connectivity index is 1.52. The molecule has 0 aliphatic carbocycles. The van der Waals surface area contributed by atoms with Gasteiger partial charge in [0.15, 0.2) is 0 Å². The monoisotopic (exact) mass is 411 g/mol. The quantitative estimate of drug-likeness (QED) is 0.467. The Kier molecular flexibility index (Phi) is 4.78. The van der Waals surface area contributed by atoms with Gasteiger partial charge in [0.25, 0.3) is 11.1 Å².